The lowest BCUT2D eigenvalue weighted by Crippen LogP contribution is -2.04. The maximum absolute atomic E-state index is 9.41. The lowest BCUT2D eigenvalue weighted by molar-refractivity contribution is 0.281. The zero-order valence-electron chi connectivity index (χ0n) is 11.5. The van der Waals surface area contributed by atoms with Crippen LogP contribution in [0.4, 0.5) is 0 Å². The molecule has 3 aromatic rings. The molecule has 3 rings (SSSR count). The predicted octanol–water partition coefficient (Wildman–Crippen LogP) is 2.87. The molecule has 0 atom stereocenters. The van der Waals surface area contributed by atoms with Crippen LogP contribution in [0.1, 0.15) is 24.6 Å². The third-order valence-electron chi connectivity index (χ3n) is 3.31. The number of hydrogen-bond donors (Lipinski definition) is 1. The molecule has 102 valence electrons. The minimum Gasteiger partial charge on any atom is -0.392 e. The first-order valence-corrected chi connectivity index (χ1v) is 6.85. The van der Waals surface area contributed by atoms with Crippen molar-refractivity contribution in [1.29, 1.82) is 0 Å². The summed E-state index contributed by atoms with van der Waals surface area (Å²) >= 11 is 0. The van der Waals surface area contributed by atoms with E-state index in [0.717, 1.165) is 40.8 Å². The highest BCUT2D eigenvalue weighted by Gasteiger charge is 2.08. The highest BCUT2D eigenvalue weighted by Crippen LogP contribution is 2.18. The van der Waals surface area contributed by atoms with Crippen LogP contribution >= 0.6 is 0 Å². The van der Waals surface area contributed by atoms with Gasteiger partial charge in [0.2, 0.25) is 0 Å². The average Bonchev–Trinajstić information content (AvgIpc) is 2.91. The fourth-order valence-electron chi connectivity index (χ4n) is 2.37. The van der Waals surface area contributed by atoms with Gasteiger partial charge in [-0.2, -0.15) is 5.10 Å². The van der Waals surface area contributed by atoms with Crippen molar-refractivity contribution in [3.8, 4) is 5.82 Å². The number of aliphatic hydroxyl groups excluding tert-OH is 1. The van der Waals surface area contributed by atoms with Crippen molar-refractivity contribution in [2.45, 2.75) is 26.4 Å². The summed E-state index contributed by atoms with van der Waals surface area (Å²) in [5, 5.41) is 14.9. The number of rotatable bonds is 4. The Labute approximate surface area is 117 Å². The molecule has 0 saturated carbocycles. The van der Waals surface area contributed by atoms with Gasteiger partial charge >= 0.3 is 0 Å². The van der Waals surface area contributed by atoms with Crippen molar-refractivity contribution in [3.63, 3.8) is 0 Å². The van der Waals surface area contributed by atoms with E-state index in [2.05, 4.69) is 17.0 Å². The Hall–Kier alpha value is -2.20. The topological polar surface area (TPSA) is 50.9 Å². The molecule has 0 aliphatic carbocycles. The molecule has 0 aliphatic rings. The summed E-state index contributed by atoms with van der Waals surface area (Å²) in [4.78, 5) is 4.65. The summed E-state index contributed by atoms with van der Waals surface area (Å²) in [6.45, 7) is 2.14. The van der Waals surface area contributed by atoms with Gasteiger partial charge in [-0.3, -0.25) is 0 Å². The van der Waals surface area contributed by atoms with Crippen molar-refractivity contribution in [1.82, 2.24) is 14.8 Å². The quantitative estimate of drug-likeness (QED) is 0.790. The van der Waals surface area contributed by atoms with Crippen LogP contribution in [0, 0.1) is 0 Å². The summed E-state index contributed by atoms with van der Waals surface area (Å²) in [6, 6.07) is 11.9. The van der Waals surface area contributed by atoms with Gasteiger partial charge in [-0.1, -0.05) is 31.5 Å². The van der Waals surface area contributed by atoms with Gasteiger partial charge < -0.3 is 5.11 Å². The molecule has 0 amide bonds. The minimum atomic E-state index is 0.0193. The van der Waals surface area contributed by atoms with Gasteiger partial charge in [0.05, 0.1) is 18.3 Å². The smallest absolute Gasteiger partial charge is 0.154 e. The lowest BCUT2D eigenvalue weighted by atomic mass is 10.1. The first-order chi connectivity index (χ1) is 9.81. The molecule has 2 heterocycles. The number of aromatic nitrogens is 3. The second-order valence-electron chi connectivity index (χ2n) is 4.85. The standard InChI is InChI=1S/C16H17N3O/c1-2-5-14-8-12(11-20)9-16(18-14)19-15-7-4-3-6-13(15)10-17-19/h3-4,6-10,20H,2,5,11H2,1H3. The Morgan fingerprint density at radius 3 is 2.85 bits per heavy atom. The number of para-hydroxylation sites is 1. The van der Waals surface area contributed by atoms with Crippen molar-refractivity contribution in [3.05, 3.63) is 53.9 Å². The molecule has 0 radical (unpaired) electrons. The Morgan fingerprint density at radius 2 is 2.05 bits per heavy atom. The molecule has 2 aromatic heterocycles. The Morgan fingerprint density at radius 1 is 1.20 bits per heavy atom. The van der Waals surface area contributed by atoms with Gasteiger partial charge in [-0.05, 0) is 30.2 Å². The highest BCUT2D eigenvalue weighted by molar-refractivity contribution is 5.79. The van der Waals surface area contributed by atoms with Crippen LogP contribution in [0.15, 0.2) is 42.6 Å². The summed E-state index contributed by atoms with van der Waals surface area (Å²) in [5.41, 5.74) is 2.89. The summed E-state index contributed by atoms with van der Waals surface area (Å²) < 4.78 is 1.83. The van der Waals surface area contributed by atoms with Gasteiger partial charge in [0.25, 0.3) is 0 Å². The van der Waals surface area contributed by atoms with Gasteiger partial charge in [-0.25, -0.2) is 9.67 Å². The molecule has 0 bridgehead atoms. The van der Waals surface area contributed by atoms with Gasteiger partial charge in [0.1, 0.15) is 0 Å². The number of fused-ring (bicyclic) bond motifs is 1. The van der Waals surface area contributed by atoms with E-state index in [1.807, 2.05) is 47.3 Å². The van der Waals surface area contributed by atoms with Crippen molar-refractivity contribution in [2.75, 3.05) is 0 Å². The summed E-state index contributed by atoms with van der Waals surface area (Å²) in [5.74, 6) is 0.765. The molecule has 0 fully saturated rings. The van der Waals surface area contributed by atoms with Crippen LogP contribution in [-0.2, 0) is 13.0 Å². The molecule has 1 N–H and O–H groups in total. The minimum absolute atomic E-state index is 0.0193. The molecule has 20 heavy (non-hydrogen) atoms. The molecule has 0 spiro atoms. The number of aliphatic hydroxyl groups is 1. The molecular weight excluding hydrogens is 250 g/mol. The van der Waals surface area contributed by atoms with Crippen molar-refractivity contribution < 1.29 is 5.11 Å². The Bertz CT molecular complexity index is 733. The zero-order chi connectivity index (χ0) is 13.9. The summed E-state index contributed by atoms with van der Waals surface area (Å²) in [6.07, 6.45) is 3.77. The maximum Gasteiger partial charge on any atom is 0.154 e. The SMILES string of the molecule is CCCc1cc(CO)cc(-n2ncc3ccccc32)n1. The zero-order valence-corrected chi connectivity index (χ0v) is 11.5. The van der Waals surface area contributed by atoms with Crippen LogP contribution < -0.4 is 0 Å². The van der Waals surface area contributed by atoms with Crippen LogP contribution in [-0.4, -0.2) is 19.9 Å². The van der Waals surface area contributed by atoms with Crippen molar-refractivity contribution >= 4 is 10.9 Å². The molecular formula is C16H17N3O. The number of benzene rings is 1. The van der Waals surface area contributed by atoms with Crippen LogP contribution in [0.5, 0.6) is 0 Å². The van der Waals surface area contributed by atoms with E-state index in [0.29, 0.717) is 0 Å². The normalized spacial score (nSPS) is 11.1. The maximum atomic E-state index is 9.41. The predicted molar refractivity (Wildman–Crippen MR) is 78.8 cm³/mol. The van der Waals surface area contributed by atoms with Gasteiger partial charge in [0.15, 0.2) is 5.82 Å². The van der Waals surface area contributed by atoms with E-state index in [-0.39, 0.29) is 6.61 Å². The van der Waals surface area contributed by atoms with Crippen LogP contribution in [0.3, 0.4) is 0 Å². The number of hydrogen-bond acceptors (Lipinski definition) is 3. The highest BCUT2D eigenvalue weighted by atomic mass is 16.3. The lowest BCUT2D eigenvalue weighted by Gasteiger charge is -2.08. The fraction of sp³-hybridized carbons (Fsp3) is 0.250. The molecule has 0 aliphatic heterocycles. The number of pyridine rings is 1. The fourth-order valence-corrected chi connectivity index (χ4v) is 2.37. The van der Waals surface area contributed by atoms with Crippen molar-refractivity contribution in [2.24, 2.45) is 0 Å². The summed E-state index contributed by atoms with van der Waals surface area (Å²) in [7, 11) is 0. The third kappa shape index (κ3) is 2.30. The average molecular weight is 267 g/mol. The first kappa shape index (κ1) is 12.8. The Kier molecular flexibility index (Phi) is 3.48. The monoisotopic (exact) mass is 267 g/mol. The van der Waals surface area contributed by atoms with Crippen LogP contribution in [0.25, 0.3) is 16.7 Å². The van der Waals surface area contributed by atoms with E-state index in [1.165, 1.54) is 0 Å². The largest absolute Gasteiger partial charge is 0.392 e. The van der Waals surface area contributed by atoms with E-state index < -0.39 is 0 Å². The van der Waals surface area contributed by atoms with E-state index in [9.17, 15) is 5.11 Å². The molecule has 1 aromatic carbocycles. The van der Waals surface area contributed by atoms with Gasteiger partial charge in [0, 0.05) is 11.1 Å². The third-order valence-corrected chi connectivity index (χ3v) is 3.31. The second-order valence-corrected chi connectivity index (χ2v) is 4.85. The molecule has 0 unspecified atom stereocenters. The second kappa shape index (κ2) is 5.43. The van der Waals surface area contributed by atoms with E-state index in [4.69, 9.17) is 0 Å². The first-order valence-electron chi connectivity index (χ1n) is 6.85. The van der Waals surface area contributed by atoms with Crippen LogP contribution in [0.2, 0.25) is 0 Å². The Balaban J connectivity index is 2.15. The molecule has 4 nitrogen and oxygen atoms in total. The number of nitrogens with zero attached hydrogens (tertiary/aromatic N) is 3. The van der Waals surface area contributed by atoms with Gasteiger partial charge in [-0.15, -0.1) is 0 Å². The molecule has 0 saturated heterocycles. The number of aryl methyl sites for hydroxylation is 1. The van der Waals surface area contributed by atoms with E-state index in [1.54, 1.807) is 0 Å². The molecule has 4 heteroatoms. The van der Waals surface area contributed by atoms with E-state index >= 15 is 0 Å².